The summed E-state index contributed by atoms with van der Waals surface area (Å²) >= 11 is 1.38. The lowest BCUT2D eigenvalue weighted by Crippen LogP contribution is -2.58. The van der Waals surface area contributed by atoms with Crippen molar-refractivity contribution in [2.45, 2.75) is 62.7 Å². The number of amides is 3. The molecule has 1 heterocycles. The van der Waals surface area contributed by atoms with Crippen LogP contribution in [0.5, 0.6) is 0 Å². The molecule has 10 N–H and O–H groups in total. The summed E-state index contributed by atoms with van der Waals surface area (Å²) in [6, 6.07) is -4.95. The lowest BCUT2D eigenvalue weighted by Gasteiger charge is -2.24. The molecule has 0 saturated heterocycles. The van der Waals surface area contributed by atoms with Crippen LogP contribution < -0.4 is 27.4 Å². The maximum atomic E-state index is 13.1. The summed E-state index contributed by atoms with van der Waals surface area (Å²) in [6.07, 6.45) is 5.50. The van der Waals surface area contributed by atoms with E-state index in [0.29, 0.717) is 37.3 Å². The lowest BCUT2D eigenvalue weighted by atomic mass is 10.1. The van der Waals surface area contributed by atoms with Crippen LogP contribution in [0.4, 0.5) is 0 Å². The first-order valence-electron chi connectivity index (χ1n) is 11.4. The minimum absolute atomic E-state index is 0.0417. The van der Waals surface area contributed by atoms with Crippen molar-refractivity contribution in [3.8, 4) is 0 Å². The predicted octanol–water partition coefficient (Wildman–Crippen LogP) is -1.82. The zero-order valence-electron chi connectivity index (χ0n) is 20.1. The molecule has 15 heteroatoms. The third-order valence-corrected chi connectivity index (χ3v) is 5.80. The maximum absolute atomic E-state index is 13.1. The molecule has 36 heavy (non-hydrogen) atoms. The van der Waals surface area contributed by atoms with Crippen LogP contribution in [0.2, 0.25) is 0 Å². The normalized spacial score (nSPS) is 14.2. The van der Waals surface area contributed by atoms with Gasteiger partial charge in [-0.3, -0.25) is 19.2 Å². The quantitative estimate of drug-likeness (QED) is 0.0983. The number of nitrogens with two attached hydrogens (primary N) is 2. The number of rotatable bonds is 18. The van der Waals surface area contributed by atoms with E-state index in [2.05, 4.69) is 25.9 Å². The highest BCUT2D eigenvalue weighted by Crippen LogP contribution is 2.06. The van der Waals surface area contributed by atoms with Gasteiger partial charge in [0.15, 0.2) is 0 Å². The van der Waals surface area contributed by atoms with Gasteiger partial charge in [-0.25, -0.2) is 9.78 Å². The molecule has 0 radical (unpaired) electrons. The number of imidazole rings is 1. The lowest BCUT2D eigenvalue weighted by molar-refractivity contribution is -0.143. The molecule has 0 aliphatic heterocycles. The number of hydrogen-bond acceptors (Lipinski definition) is 9. The van der Waals surface area contributed by atoms with E-state index in [0.717, 1.165) is 0 Å². The Morgan fingerprint density at radius 2 is 1.64 bits per heavy atom. The third kappa shape index (κ3) is 11.5. The molecule has 0 fully saturated rings. The fourth-order valence-electron chi connectivity index (χ4n) is 3.17. The van der Waals surface area contributed by atoms with E-state index in [1.165, 1.54) is 24.3 Å². The largest absolute Gasteiger partial charge is 0.481 e. The number of carbonyl (C=O) groups excluding carboxylic acids is 3. The summed E-state index contributed by atoms with van der Waals surface area (Å²) in [6.45, 7) is 0.451. The number of aromatic nitrogens is 2. The molecule has 0 saturated carbocycles. The Balaban J connectivity index is 3.00. The van der Waals surface area contributed by atoms with E-state index in [4.69, 9.17) is 11.5 Å². The zero-order chi connectivity index (χ0) is 27.1. The average Bonchev–Trinajstić information content (AvgIpc) is 3.33. The topological polar surface area (TPSA) is 243 Å². The fourth-order valence-corrected chi connectivity index (χ4v) is 3.64. The molecule has 0 aromatic carbocycles. The van der Waals surface area contributed by atoms with Crippen molar-refractivity contribution >= 4 is 41.4 Å². The van der Waals surface area contributed by atoms with Gasteiger partial charge in [0, 0.05) is 18.3 Å². The van der Waals surface area contributed by atoms with E-state index in [1.807, 2.05) is 0 Å². The molecule has 3 amide bonds. The predicted molar refractivity (Wildman–Crippen MR) is 132 cm³/mol. The number of nitrogens with zero attached hydrogens (tertiary/aromatic N) is 1. The minimum Gasteiger partial charge on any atom is -0.481 e. The van der Waals surface area contributed by atoms with Crippen molar-refractivity contribution in [3.63, 3.8) is 0 Å². The first kappa shape index (κ1) is 30.9. The Bertz CT molecular complexity index is 869. The van der Waals surface area contributed by atoms with Crippen molar-refractivity contribution in [2.24, 2.45) is 11.5 Å². The second kappa shape index (κ2) is 16.5. The fraction of sp³-hybridized carbons (Fsp3) is 0.619. The van der Waals surface area contributed by atoms with Gasteiger partial charge in [0.2, 0.25) is 17.7 Å². The van der Waals surface area contributed by atoms with E-state index in [-0.39, 0.29) is 12.8 Å². The van der Waals surface area contributed by atoms with Crippen molar-refractivity contribution in [1.29, 1.82) is 0 Å². The van der Waals surface area contributed by atoms with Crippen LogP contribution in [-0.4, -0.2) is 92.6 Å². The number of thioether (sulfide) groups is 1. The first-order chi connectivity index (χ1) is 17.1. The molecule has 1 aromatic heterocycles. The van der Waals surface area contributed by atoms with Gasteiger partial charge in [0.1, 0.15) is 18.1 Å². The van der Waals surface area contributed by atoms with Crippen LogP contribution in [0.1, 0.15) is 37.8 Å². The van der Waals surface area contributed by atoms with E-state index in [1.54, 1.807) is 6.26 Å². The Hall–Kier alpha value is -3.17. The van der Waals surface area contributed by atoms with Gasteiger partial charge >= 0.3 is 11.9 Å². The van der Waals surface area contributed by atoms with Gasteiger partial charge < -0.3 is 42.6 Å². The van der Waals surface area contributed by atoms with Gasteiger partial charge in [-0.15, -0.1) is 0 Å². The van der Waals surface area contributed by atoms with Crippen molar-refractivity contribution < 1.29 is 34.2 Å². The molecule has 1 aromatic rings. The molecule has 0 aliphatic carbocycles. The molecule has 4 atom stereocenters. The molecule has 4 unspecified atom stereocenters. The van der Waals surface area contributed by atoms with Gasteiger partial charge in [-0.1, -0.05) is 6.42 Å². The van der Waals surface area contributed by atoms with Gasteiger partial charge in [0.25, 0.3) is 0 Å². The van der Waals surface area contributed by atoms with Gasteiger partial charge in [-0.05, 0) is 37.8 Å². The third-order valence-electron chi connectivity index (χ3n) is 5.15. The number of unbranched alkanes of at least 4 members (excludes halogenated alkanes) is 1. The number of hydrogen-bond donors (Lipinski definition) is 8. The molecule has 0 spiro atoms. The Morgan fingerprint density at radius 3 is 2.19 bits per heavy atom. The molecule has 0 bridgehead atoms. The average molecular weight is 530 g/mol. The summed E-state index contributed by atoms with van der Waals surface area (Å²) in [5.74, 6) is -4.65. The number of aromatic amines is 1. The van der Waals surface area contributed by atoms with Crippen LogP contribution in [0.15, 0.2) is 12.5 Å². The van der Waals surface area contributed by atoms with Crippen LogP contribution in [-0.2, 0) is 30.4 Å². The number of nitrogens with one attached hydrogen (secondary N) is 4. The molecule has 14 nitrogen and oxygen atoms in total. The summed E-state index contributed by atoms with van der Waals surface area (Å²) in [5, 5.41) is 25.7. The Labute approximate surface area is 212 Å². The van der Waals surface area contributed by atoms with E-state index in [9.17, 15) is 34.2 Å². The summed E-state index contributed by atoms with van der Waals surface area (Å²) in [4.78, 5) is 67.9. The van der Waals surface area contributed by atoms with Crippen molar-refractivity contribution in [1.82, 2.24) is 25.9 Å². The first-order valence-corrected chi connectivity index (χ1v) is 12.8. The standard InChI is InChI=1S/C21H35N7O7S/c1-36-7-5-14(21(34)35)26-20(33)16(9-17(29)30)28-19(32)15(8-12-10-24-11-25-12)27-18(31)13(23)4-2-3-6-22/h10-11,13-16H,2-9,22-23H2,1H3,(H,24,25)(H,26,33)(H,27,31)(H,28,32)(H,29,30)(H,34,35). The maximum Gasteiger partial charge on any atom is 0.326 e. The Morgan fingerprint density at radius 1 is 1.00 bits per heavy atom. The zero-order valence-corrected chi connectivity index (χ0v) is 20.9. The second-order valence-corrected chi connectivity index (χ2v) is 9.06. The summed E-state index contributed by atoms with van der Waals surface area (Å²) in [5.41, 5.74) is 11.9. The minimum atomic E-state index is -1.58. The molecular weight excluding hydrogens is 494 g/mol. The van der Waals surface area contributed by atoms with E-state index < -0.39 is 60.2 Å². The second-order valence-electron chi connectivity index (χ2n) is 8.07. The molecule has 0 aliphatic rings. The SMILES string of the molecule is CSCCC(NC(=O)C(CC(=O)O)NC(=O)C(Cc1cnc[nH]1)NC(=O)C(N)CCCCN)C(=O)O. The summed E-state index contributed by atoms with van der Waals surface area (Å²) < 4.78 is 0. The molecule has 202 valence electrons. The highest BCUT2D eigenvalue weighted by atomic mass is 32.2. The summed E-state index contributed by atoms with van der Waals surface area (Å²) in [7, 11) is 0. The number of carboxylic acid groups (broad SMARTS) is 2. The number of carboxylic acids is 2. The number of aliphatic carboxylic acids is 2. The highest BCUT2D eigenvalue weighted by molar-refractivity contribution is 7.98. The van der Waals surface area contributed by atoms with Crippen molar-refractivity contribution in [3.05, 3.63) is 18.2 Å². The molecular formula is C21H35N7O7S. The van der Waals surface area contributed by atoms with Crippen LogP contribution in [0, 0.1) is 0 Å². The molecule has 1 rings (SSSR count). The van der Waals surface area contributed by atoms with Crippen LogP contribution in [0.3, 0.4) is 0 Å². The number of H-pyrrole nitrogens is 1. The smallest absolute Gasteiger partial charge is 0.326 e. The highest BCUT2D eigenvalue weighted by Gasteiger charge is 2.31. The monoisotopic (exact) mass is 529 g/mol. The van der Waals surface area contributed by atoms with Gasteiger partial charge in [0.05, 0.1) is 18.8 Å². The van der Waals surface area contributed by atoms with Gasteiger partial charge in [-0.2, -0.15) is 11.8 Å². The van der Waals surface area contributed by atoms with Crippen LogP contribution >= 0.6 is 11.8 Å². The van der Waals surface area contributed by atoms with Crippen molar-refractivity contribution in [2.75, 3.05) is 18.6 Å². The van der Waals surface area contributed by atoms with E-state index >= 15 is 0 Å². The van der Waals surface area contributed by atoms with Crippen LogP contribution in [0.25, 0.3) is 0 Å². The Kier molecular flexibility index (Phi) is 14.1. The number of carbonyl (C=O) groups is 5.